The van der Waals surface area contributed by atoms with Gasteiger partial charge in [-0.3, -0.25) is 9.69 Å². The number of hydrogen-bond acceptors (Lipinski definition) is 3. The molecule has 1 spiro atoms. The zero-order chi connectivity index (χ0) is 18.9. The summed E-state index contributed by atoms with van der Waals surface area (Å²) < 4.78 is 34.8. The van der Waals surface area contributed by atoms with Gasteiger partial charge < -0.3 is 10.1 Å². The molecule has 4 nitrogen and oxygen atoms in total. The Hall–Kier alpha value is -2.31. The van der Waals surface area contributed by atoms with E-state index in [1.165, 1.54) is 18.2 Å². The lowest BCUT2D eigenvalue weighted by Gasteiger charge is -2.34. The van der Waals surface area contributed by atoms with E-state index in [0.29, 0.717) is 26.2 Å². The predicted octanol–water partition coefficient (Wildman–Crippen LogP) is 2.84. The molecule has 1 amide bonds. The molecule has 2 atom stereocenters. The third kappa shape index (κ3) is 3.59. The van der Waals surface area contributed by atoms with Gasteiger partial charge in [0.2, 0.25) is 5.91 Å². The number of carbonyl (C=O) groups is 1. The van der Waals surface area contributed by atoms with E-state index in [2.05, 4.69) is 10.2 Å². The molecule has 1 N–H and O–H groups in total. The van der Waals surface area contributed by atoms with Crippen molar-refractivity contribution in [3.8, 4) is 0 Å². The number of halogens is 2. The summed E-state index contributed by atoms with van der Waals surface area (Å²) in [6.07, 6.45) is 0.257. The smallest absolute Gasteiger partial charge is 0.222 e. The summed E-state index contributed by atoms with van der Waals surface area (Å²) in [5.74, 6) is -1.83. The first-order valence-corrected chi connectivity index (χ1v) is 9.16. The third-order valence-electron chi connectivity index (χ3n) is 5.43. The molecule has 2 aromatic rings. The number of rotatable bonds is 3. The third-order valence-corrected chi connectivity index (χ3v) is 5.43. The molecule has 0 aromatic heterocycles. The van der Waals surface area contributed by atoms with Crippen LogP contribution in [0.3, 0.4) is 0 Å². The van der Waals surface area contributed by atoms with Crippen LogP contribution in [-0.2, 0) is 16.1 Å². The second kappa shape index (κ2) is 7.37. The summed E-state index contributed by atoms with van der Waals surface area (Å²) in [5.41, 5.74) is 0.299. The highest BCUT2D eigenvalue weighted by Crippen LogP contribution is 2.40. The Kier molecular flexibility index (Phi) is 4.93. The van der Waals surface area contributed by atoms with E-state index in [0.717, 1.165) is 5.56 Å². The normalized spacial score (nSPS) is 26.1. The minimum Gasteiger partial charge on any atom is -0.378 e. The topological polar surface area (TPSA) is 41.6 Å². The molecule has 0 radical (unpaired) electrons. The first kappa shape index (κ1) is 18.1. The Morgan fingerprint density at radius 2 is 1.85 bits per heavy atom. The van der Waals surface area contributed by atoms with Crippen LogP contribution in [0.5, 0.6) is 0 Å². The minimum atomic E-state index is -0.842. The van der Waals surface area contributed by atoms with E-state index in [9.17, 15) is 13.6 Å². The van der Waals surface area contributed by atoms with Gasteiger partial charge in [-0.1, -0.05) is 36.4 Å². The van der Waals surface area contributed by atoms with Crippen LogP contribution < -0.4 is 5.32 Å². The molecule has 0 saturated carbocycles. The summed E-state index contributed by atoms with van der Waals surface area (Å²) >= 11 is 0. The molecule has 2 aliphatic rings. The molecule has 2 heterocycles. The van der Waals surface area contributed by atoms with Gasteiger partial charge in [-0.05, 0) is 17.7 Å². The SMILES string of the molecule is O=C1CCOC[C@]2(CN(Cc3ccccc3)C[C@H]2c2c(F)cccc2F)N1. The maximum absolute atomic E-state index is 14.6. The quantitative estimate of drug-likeness (QED) is 0.901. The number of hydrogen-bond donors (Lipinski definition) is 1. The molecule has 0 bridgehead atoms. The Balaban J connectivity index is 1.70. The summed E-state index contributed by atoms with van der Waals surface area (Å²) in [6.45, 7) is 2.12. The van der Waals surface area contributed by atoms with E-state index in [4.69, 9.17) is 4.74 Å². The van der Waals surface area contributed by atoms with Crippen molar-refractivity contribution in [2.24, 2.45) is 0 Å². The van der Waals surface area contributed by atoms with E-state index < -0.39 is 23.1 Å². The molecule has 0 aliphatic carbocycles. The molecule has 0 unspecified atom stereocenters. The first-order valence-electron chi connectivity index (χ1n) is 9.16. The van der Waals surface area contributed by atoms with Crippen LogP contribution in [0.15, 0.2) is 48.5 Å². The fourth-order valence-corrected chi connectivity index (χ4v) is 4.25. The number of benzene rings is 2. The van der Waals surface area contributed by atoms with E-state index in [1.807, 2.05) is 30.3 Å². The van der Waals surface area contributed by atoms with Crippen molar-refractivity contribution in [3.63, 3.8) is 0 Å². The molecule has 6 heteroatoms. The molecular weight excluding hydrogens is 350 g/mol. The van der Waals surface area contributed by atoms with Gasteiger partial charge >= 0.3 is 0 Å². The lowest BCUT2D eigenvalue weighted by Crippen LogP contribution is -2.55. The zero-order valence-corrected chi connectivity index (χ0v) is 15.0. The second-order valence-corrected chi connectivity index (χ2v) is 7.35. The number of nitrogens with zero attached hydrogens (tertiary/aromatic N) is 1. The van der Waals surface area contributed by atoms with Gasteiger partial charge in [-0.15, -0.1) is 0 Å². The van der Waals surface area contributed by atoms with Crippen LogP contribution in [0.1, 0.15) is 23.5 Å². The Morgan fingerprint density at radius 1 is 1.11 bits per heavy atom. The highest BCUT2D eigenvalue weighted by atomic mass is 19.1. The summed E-state index contributed by atoms with van der Waals surface area (Å²) in [7, 11) is 0. The van der Waals surface area contributed by atoms with Crippen molar-refractivity contribution < 1.29 is 18.3 Å². The average Bonchev–Trinajstić information content (AvgIpc) is 2.84. The van der Waals surface area contributed by atoms with Crippen molar-refractivity contribution in [1.82, 2.24) is 10.2 Å². The van der Waals surface area contributed by atoms with Crippen LogP contribution in [0.25, 0.3) is 0 Å². The zero-order valence-electron chi connectivity index (χ0n) is 15.0. The maximum atomic E-state index is 14.6. The van der Waals surface area contributed by atoms with Crippen molar-refractivity contribution >= 4 is 5.91 Å². The lowest BCUT2D eigenvalue weighted by atomic mass is 9.81. The number of ether oxygens (including phenoxy) is 1. The van der Waals surface area contributed by atoms with E-state index in [-0.39, 0.29) is 24.5 Å². The molecule has 2 saturated heterocycles. The highest BCUT2D eigenvalue weighted by Gasteiger charge is 2.50. The predicted molar refractivity (Wildman–Crippen MR) is 97.1 cm³/mol. The summed E-state index contributed by atoms with van der Waals surface area (Å²) in [6, 6.07) is 13.8. The molecule has 4 rings (SSSR count). The maximum Gasteiger partial charge on any atom is 0.222 e. The highest BCUT2D eigenvalue weighted by molar-refractivity contribution is 5.77. The largest absolute Gasteiger partial charge is 0.378 e. The van der Waals surface area contributed by atoms with Crippen molar-refractivity contribution in [2.75, 3.05) is 26.3 Å². The lowest BCUT2D eigenvalue weighted by molar-refractivity contribution is -0.122. The molecule has 142 valence electrons. The molecule has 2 fully saturated rings. The van der Waals surface area contributed by atoms with Crippen LogP contribution in [0, 0.1) is 11.6 Å². The van der Waals surface area contributed by atoms with Crippen LogP contribution in [0.2, 0.25) is 0 Å². The monoisotopic (exact) mass is 372 g/mol. The molecule has 2 aromatic carbocycles. The van der Waals surface area contributed by atoms with Crippen molar-refractivity contribution in [3.05, 3.63) is 71.3 Å². The van der Waals surface area contributed by atoms with Crippen molar-refractivity contribution in [2.45, 2.75) is 24.4 Å². The van der Waals surface area contributed by atoms with Gasteiger partial charge in [0.1, 0.15) is 11.6 Å². The van der Waals surface area contributed by atoms with Gasteiger partial charge in [0.05, 0.1) is 18.8 Å². The summed E-state index contributed by atoms with van der Waals surface area (Å²) in [5, 5.41) is 3.03. The molecule has 2 aliphatic heterocycles. The van der Waals surface area contributed by atoms with Crippen LogP contribution >= 0.6 is 0 Å². The first-order chi connectivity index (χ1) is 13.1. The van der Waals surface area contributed by atoms with Gasteiger partial charge in [0, 0.05) is 37.5 Å². The van der Waals surface area contributed by atoms with Gasteiger partial charge in [0.15, 0.2) is 0 Å². The van der Waals surface area contributed by atoms with Crippen LogP contribution in [-0.4, -0.2) is 42.6 Å². The fourth-order valence-electron chi connectivity index (χ4n) is 4.25. The van der Waals surface area contributed by atoms with Crippen molar-refractivity contribution in [1.29, 1.82) is 0 Å². The second-order valence-electron chi connectivity index (χ2n) is 7.35. The standard InChI is InChI=1S/C21H22F2N2O2/c22-17-7-4-8-18(23)20(17)16-12-25(11-15-5-2-1-3-6-15)13-21(16)14-27-10-9-19(26)24-21/h1-8,16H,9-14H2,(H,24,26)/t16-,21-/m0/s1. The summed E-state index contributed by atoms with van der Waals surface area (Å²) in [4.78, 5) is 14.4. The number of amides is 1. The van der Waals surface area contributed by atoms with E-state index >= 15 is 0 Å². The number of carbonyl (C=O) groups excluding carboxylic acids is 1. The fraction of sp³-hybridized carbons (Fsp3) is 0.381. The average molecular weight is 372 g/mol. The minimum absolute atomic E-state index is 0.0267. The van der Waals surface area contributed by atoms with Gasteiger partial charge in [-0.2, -0.15) is 0 Å². The van der Waals surface area contributed by atoms with E-state index in [1.54, 1.807) is 0 Å². The van der Waals surface area contributed by atoms with Gasteiger partial charge in [0.25, 0.3) is 0 Å². The van der Waals surface area contributed by atoms with Gasteiger partial charge in [-0.25, -0.2) is 8.78 Å². The van der Waals surface area contributed by atoms with Crippen LogP contribution in [0.4, 0.5) is 8.78 Å². The molecular formula is C21H22F2N2O2. The molecule has 27 heavy (non-hydrogen) atoms. The number of nitrogens with one attached hydrogen (secondary N) is 1. The number of likely N-dealkylation sites (tertiary alicyclic amines) is 1. The Labute approximate surface area is 157 Å². The Bertz CT molecular complexity index is 810. The Morgan fingerprint density at radius 3 is 2.59 bits per heavy atom.